The molecule has 5 aromatic carbocycles. The number of unbranched alkanes of at least 4 members (excludes halogenated alkanes) is 2. The zero-order valence-corrected chi connectivity index (χ0v) is 36.0. The molecule has 0 saturated heterocycles. The van der Waals surface area contributed by atoms with E-state index in [4.69, 9.17) is 24.2 Å². The fraction of sp³-hybridized carbons (Fsp3) is 0.308. The van der Waals surface area contributed by atoms with Crippen LogP contribution in [0.1, 0.15) is 83.4 Å². The number of aliphatic imine (C=N–C) groups is 2. The summed E-state index contributed by atoms with van der Waals surface area (Å²) in [5, 5.41) is 21.3. The van der Waals surface area contributed by atoms with Gasteiger partial charge in [-0.3, -0.25) is 9.79 Å². The van der Waals surface area contributed by atoms with Crippen LogP contribution in [0.4, 0.5) is 0 Å². The van der Waals surface area contributed by atoms with Gasteiger partial charge >= 0.3 is 5.97 Å². The Kier molecular flexibility index (Phi) is 16.5. The van der Waals surface area contributed by atoms with Crippen molar-refractivity contribution in [3.05, 3.63) is 156 Å². The van der Waals surface area contributed by atoms with Crippen molar-refractivity contribution >= 4 is 23.8 Å². The first-order valence-electron chi connectivity index (χ1n) is 20.8. The normalized spacial score (nSPS) is 12.6. The zero-order chi connectivity index (χ0) is 43.8. The number of hydrogen-bond donors (Lipinski definition) is 2. The Bertz CT molecular complexity index is 2260. The number of Topliss-reactive ketones (excluding diaryl/α,β-unsaturated/α-hetero) is 1. The third-order valence-corrected chi connectivity index (χ3v) is 10.1. The van der Waals surface area contributed by atoms with Gasteiger partial charge in [0.05, 0.1) is 18.2 Å². The number of rotatable bonds is 21. The van der Waals surface area contributed by atoms with E-state index in [0.29, 0.717) is 49.6 Å². The van der Waals surface area contributed by atoms with Crippen LogP contribution in [-0.2, 0) is 25.6 Å². The van der Waals surface area contributed by atoms with Gasteiger partial charge in [0.1, 0.15) is 18.1 Å². The summed E-state index contributed by atoms with van der Waals surface area (Å²) in [4.78, 5) is 34.5. The molecule has 0 aromatic heterocycles. The van der Waals surface area contributed by atoms with Gasteiger partial charge in [0, 0.05) is 48.4 Å². The van der Waals surface area contributed by atoms with Gasteiger partial charge in [-0.25, -0.2) is 9.79 Å². The second-order valence-electron chi connectivity index (χ2n) is 16.3. The van der Waals surface area contributed by atoms with Crippen LogP contribution in [0.3, 0.4) is 0 Å². The van der Waals surface area contributed by atoms with Crippen LogP contribution in [-0.4, -0.2) is 64.5 Å². The number of hydrogen-bond acceptors (Lipinski definition) is 8. The molecule has 61 heavy (non-hydrogen) atoms. The number of aliphatic hydroxyl groups excluding tert-OH is 1. The molecule has 0 spiro atoms. The summed E-state index contributed by atoms with van der Waals surface area (Å²) in [5.41, 5.74) is 5.39. The molecule has 0 aliphatic heterocycles. The number of aliphatic hydroxyl groups is 1. The Labute approximate surface area is 360 Å². The van der Waals surface area contributed by atoms with E-state index in [1.807, 2.05) is 62.4 Å². The number of nitrogens with zero attached hydrogens (tertiary/aromatic N) is 2. The van der Waals surface area contributed by atoms with Crippen LogP contribution < -0.4 is 4.74 Å². The largest absolute Gasteiger partial charge is 0.507 e. The van der Waals surface area contributed by atoms with Crippen molar-refractivity contribution in [2.75, 3.05) is 13.2 Å². The zero-order valence-electron chi connectivity index (χ0n) is 36.0. The number of carbonyl (C=O) groups excluding carboxylic acids is 2. The molecule has 0 bridgehead atoms. The van der Waals surface area contributed by atoms with E-state index in [1.165, 1.54) is 6.07 Å². The molecule has 0 radical (unpaired) electrons. The molecule has 2 N–H and O–H groups in total. The topological polar surface area (TPSA) is 127 Å². The summed E-state index contributed by atoms with van der Waals surface area (Å²) in [6.07, 6.45) is 3.53. The Morgan fingerprint density at radius 2 is 1.36 bits per heavy atom. The standard InChI is InChI=1S/C52H58N2O7/c1-37(2)50(58)59-36-45(55)33-51(3,4)60-31-15-9-14-20-48(57)52(5,6)61-46-30-29-44(47(56)32-46)35-54-49(43-27-25-42(26-28-43)40-18-12-8-13-19-40)53-34-38-21-23-41(24-22-38)39-16-10-7-11-17-39/h7-8,10-13,16-19,21-30,32,35,45,55-56H,1,9,14-15,20,31,33-34,36H2,2-6H3. The van der Waals surface area contributed by atoms with Gasteiger partial charge in [0.15, 0.2) is 17.2 Å². The van der Waals surface area contributed by atoms with Crippen molar-refractivity contribution in [1.82, 2.24) is 0 Å². The maximum atomic E-state index is 13.2. The molecular formula is C52H58N2O7. The minimum atomic E-state index is -1.12. The smallest absolute Gasteiger partial charge is 0.333 e. The van der Waals surface area contributed by atoms with Crippen LogP contribution in [0.2, 0.25) is 0 Å². The van der Waals surface area contributed by atoms with Gasteiger partial charge in [-0.15, -0.1) is 0 Å². The average Bonchev–Trinajstić information content (AvgIpc) is 3.25. The maximum Gasteiger partial charge on any atom is 0.333 e. The van der Waals surface area contributed by atoms with E-state index in [1.54, 1.807) is 39.1 Å². The number of amidine groups is 1. The number of phenols is 1. The lowest BCUT2D eigenvalue weighted by atomic mass is 9.97. The van der Waals surface area contributed by atoms with Gasteiger partial charge in [0.2, 0.25) is 0 Å². The third kappa shape index (κ3) is 14.5. The van der Waals surface area contributed by atoms with E-state index in [0.717, 1.165) is 46.2 Å². The van der Waals surface area contributed by atoms with Crippen LogP contribution in [0.25, 0.3) is 22.3 Å². The molecule has 0 heterocycles. The molecule has 0 amide bonds. The number of esters is 1. The molecule has 1 atom stereocenters. The first-order valence-corrected chi connectivity index (χ1v) is 20.8. The van der Waals surface area contributed by atoms with Gasteiger partial charge in [0.25, 0.3) is 0 Å². The predicted molar refractivity (Wildman–Crippen MR) is 244 cm³/mol. The molecule has 318 valence electrons. The highest BCUT2D eigenvalue weighted by molar-refractivity contribution is 6.06. The second-order valence-corrected chi connectivity index (χ2v) is 16.3. The fourth-order valence-corrected chi connectivity index (χ4v) is 6.62. The van der Waals surface area contributed by atoms with E-state index < -0.39 is 23.3 Å². The highest BCUT2D eigenvalue weighted by atomic mass is 16.5. The molecule has 5 rings (SSSR count). The molecule has 1 unspecified atom stereocenters. The molecule has 0 aliphatic rings. The van der Waals surface area contributed by atoms with Gasteiger partial charge in [-0.05, 0) is 87.4 Å². The van der Waals surface area contributed by atoms with E-state index in [9.17, 15) is 19.8 Å². The van der Waals surface area contributed by atoms with E-state index >= 15 is 0 Å². The Hall–Kier alpha value is -6.16. The predicted octanol–water partition coefficient (Wildman–Crippen LogP) is 10.7. The minimum absolute atomic E-state index is 0.0388. The fourth-order valence-electron chi connectivity index (χ4n) is 6.62. The number of phenolic OH excluding ortho intramolecular Hbond substituents is 1. The van der Waals surface area contributed by atoms with Crippen molar-refractivity contribution in [3.8, 4) is 33.8 Å². The van der Waals surface area contributed by atoms with Crippen molar-refractivity contribution in [3.63, 3.8) is 0 Å². The molecule has 0 aliphatic carbocycles. The van der Waals surface area contributed by atoms with Crippen molar-refractivity contribution in [1.29, 1.82) is 0 Å². The molecule has 9 nitrogen and oxygen atoms in total. The number of carbonyl (C=O) groups is 2. The first-order chi connectivity index (χ1) is 29.2. The quantitative estimate of drug-likeness (QED) is 0.0248. The molecule has 0 saturated carbocycles. The average molecular weight is 823 g/mol. The second kappa shape index (κ2) is 21.9. The van der Waals surface area contributed by atoms with Crippen LogP contribution in [0, 0.1) is 0 Å². The maximum absolute atomic E-state index is 13.2. The summed E-state index contributed by atoms with van der Waals surface area (Å²) >= 11 is 0. The van der Waals surface area contributed by atoms with E-state index in [2.05, 4.69) is 67.2 Å². The lowest BCUT2D eigenvalue weighted by Gasteiger charge is -2.28. The lowest BCUT2D eigenvalue weighted by Crippen LogP contribution is -2.38. The lowest BCUT2D eigenvalue weighted by molar-refractivity contribution is -0.143. The minimum Gasteiger partial charge on any atom is -0.507 e. The van der Waals surface area contributed by atoms with Crippen molar-refractivity contribution in [2.24, 2.45) is 9.98 Å². The van der Waals surface area contributed by atoms with Crippen LogP contribution in [0.15, 0.2) is 150 Å². The van der Waals surface area contributed by atoms with Gasteiger partial charge in [-0.1, -0.05) is 122 Å². The van der Waals surface area contributed by atoms with Crippen LogP contribution in [0.5, 0.6) is 11.5 Å². The number of ketones is 1. The first kappa shape index (κ1) is 45.9. The molecular weight excluding hydrogens is 765 g/mol. The summed E-state index contributed by atoms with van der Waals surface area (Å²) in [6.45, 7) is 13.1. The van der Waals surface area contributed by atoms with Gasteiger partial charge < -0.3 is 24.4 Å². The number of ether oxygens (including phenoxy) is 3. The Balaban J connectivity index is 1.16. The Morgan fingerprint density at radius 3 is 1.95 bits per heavy atom. The van der Waals surface area contributed by atoms with Crippen molar-refractivity contribution in [2.45, 2.75) is 90.6 Å². The SMILES string of the molecule is C=C(C)C(=O)OCC(O)CC(C)(C)OCCCCCC(=O)C(C)(C)Oc1ccc(C=NC(=NCc2ccc(-c3ccccc3)cc2)c2ccc(-c3ccccc3)cc2)c(O)c1. The summed E-state index contributed by atoms with van der Waals surface area (Å²) < 4.78 is 17.1. The number of aromatic hydroxyl groups is 1. The molecule has 9 heteroatoms. The van der Waals surface area contributed by atoms with Crippen LogP contribution >= 0.6 is 0 Å². The summed E-state index contributed by atoms with van der Waals surface area (Å²) in [6, 6.07) is 41.8. The van der Waals surface area contributed by atoms with Crippen molar-refractivity contribution < 1.29 is 34.0 Å². The highest BCUT2D eigenvalue weighted by Gasteiger charge is 2.29. The number of benzene rings is 5. The van der Waals surface area contributed by atoms with Gasteiger partial charge in [-0.2, -0.15) is 0 Å². The highest BCUT2D eigenvalue weighted by Crippen LogP contribution is 2.28. The summed E-state index contributed by atoms with van der Waals surface area (Å²) in [5.74, 6) is 0.257. The molecule has 5 aromatic rings. The molecule has 0 fully saturated rings. The van der Waals surface area contributed by atoms with E-state index in [-0.39, 0.29) is 23.7 Å². The summed E-state index contributed by atoms with van der Waals surface area (Å²) in [7, 11) is 0. The third-order valence-electron chi connectivity index (χ3n) is 10.1. The monoisotopic (exact) mass is 822 g/mol. The Morgan fingerprint density at radius 1 is 0.770 bits per heavy atom.